The Labute approximate surface area is 99.1 Å². The van der Waals surface area contributed by atoms with Gasteiger partial charge in [0, 0.05) is 17.2 Å². The molecule has 0 atom stereocenters. The lowest BCUT2D eigenvalue weighted by atomic mass is 9.95. The van der Waals surface area contributed by atoms with Gasteiger partial charge in [-0.15, -0.1) is 0 Å². The van der Waals surface area contributed by atoms with E-state index in [1.165, 1.54) is 13.2 Å². The molecule has 0 spiro atoms. The number of allylic oxidation sites excluding steroid dienone is 1. The zero-order chi connectivity index (χ0) is 12.3. The number of benzene rings is 1. The second-order valence-electron chi connectivity index (χ2n) is 3.67. The highest BCUT2D eigenvalue weighted by Gasteiger charge is 2.20. The zero-order valence-corrected chi connectivity index (χ0v) is 9.50. The molecule has 0 unspecified atom stereocenters. The fraction of sp³-hybridized carbons (Fsp3) is 0.308. The molecule has 0 bridgehead atoms. The molecule has 1 aromatic rings. The molecule has 0 fully saturated rings. The summed E-state index contributed by atoms with van der Waals surface area (Å²) in [6, 6.07) is 3.19. The number of halogens is 1. The van der Waals surface area contributed by atoms with E-state index >= 15 is 0 Å². The average molecular weight is 233 g/mol. The van der Waals surface area contributed by atoms with E-state index in [4.69, 9.17) is 14.7 Å². The monoisotopic (exact) mass is 233 g/mol. The number of hydrogen-bond acceptors (Lipinski definition) is 3. The minimum Gasteiger partial charge on any atom is -0.493 e. The maximum atomic E-state index is 13.8. The zero-order valence-electron chi connectivity index (χ0n) is 9.50. The topological polar surface area (TPSA) is 42.2 Å². The summed E-state index contributed by atoms with van der Waals surface area (Å²) in [5, 5.41) is 8.55. The van der Waals surface area contributed by atoms with E-state index in [1.54, 1.807) is 6.08 Å². The smallest absolute Gasteiger partial charge is 0.174 e. The number of ether oxygens (including phenoxy) is 2. The van der Waals surface area contributed by atoms with Crippen LogP contribution in [0, 0.1) is 17.1 Å². The Kier molecular flexibility index (Phi) is 3.29. The van der Waals surface area contributed by atoms with Gasteiger partial charge in [-0.25, -0.2) is 4.39 Å². The summed E-state index contributed by atoms with van der Waals surface area (Å²) in [6.07, 6.45) is 5.20. The Morgan fingerprint density at radius 1 is 1.53 bits per heavy atom. The molecule has 0 aliphatic heterocycles. The third kappa shape index (κ3) is 2.09. The first-order valence-electron chi connectivity index (χ1n) is 5.33. The van der Waals surface area contributed by atoms with Gasteiger partial charge in [-0.3, -0.25) is 0 Å². The van der Waals surface area contributed by atoms with Gasteiger partial charge in [0.05, 0.1) is 7.11 Å². The number of fused-ring (bicyclic) bond motifs is 1. The molecule has 17 heavy (non-hydrogen) atoms. The van der Waals surface area contributed by atoms with Gasteiger partial charge in [-0.05, 0) is 12.8 Å². The first-order chi connectivity index (χ1) is 8.27. The van der Waals surface area contributed by atoms with E-state index in [0.717, 1.165) is 12.0 Å². The standard InChI is InChI=1S/C13H12FNO2/c1-16-12-8-11(14)9-4-2-3-5-10(9)13(12)17-7-6-15/h2,4,8H,3,5,7H2,1H3. The molecule has 0 saturated carbocycles. The summed E-state index contributed by atoms with van der Waals surface area (Å²) in [5.41, 5.74) is 1.31. The highest BCUT2D eigenvalue weighted by Crippen LogP contribution is 2.38. The summed E-state index contributed by atoms with van der Waals surface area (Å²) in [6.45, 7) is -0.0713. The van der Waals surface area contributed by atoms with Crippen LogP contribution in [0.2, 0.25) is 0 Å². The minimum atomic E-state index is -0.322. The SMILES string of the molecule is COc1cc(F)c2c(c1OCC#N)CCC=C2. The second kappa shape index (κ2) is 4.88. The quantitative estimate of drug-likeness (QED) is 0.806. The first kappa shape index (κ1) is 11.5. The summed E-state index contributed by atoms with van der Waals surface area (Å²) in [4.78, 5) is 0. The molecule has 0 N–H and O–H groups in total. The summed E-state index contributed by atoms with van der Waals surface area (Å²) >= 11 is 0. The van der Waals surface area contributed by atoms with Gasteiger partial charge in [0.15, 0.2) is 18.1 Å². The maximum Gasteiger partial charge on any atom is 0.174 e. The van der Waals surface area contributed by atoms with Gasteiger partial charge >= 0.3 is 0 Å². The van der Waals surface area contributed by atoms with Crippen LogP contribution in [0.5, 0.6) is 11.5 Å². The highest BCUT2D eigenvalue weighted by atomic mass is 19.1. The Hall–Kier alpha value is -2.02. The van der Waals surface area contributed by atoms with Crippen LogP contribution in [0.1, 0.15) is 17.5 Å². The minimum absolute atomic E-state index is 0.0713. The van der Waals surface area contributed by atoms with Crippen molar-refractivity contribution in [2.24, 2.45) is 0 Å². The third-order valence-electron chi connectivity index (χ3n) is 2.68. The molecule has 1 aromatic carbocycles. The number of rotatable bonds is 3. The van der Waals surface area contributed by atoms with E-state index in [0.29, 0.717) is 23.5 Å². The molecule has 88 valence electrons. The molecule has 1 aliphatic rings. The first-order valence-corrected chi connectivity index (χ1v) is 5.33. The van der Waals surface area contributed by atoms with Crippen molar-refractivity contribution in [1.29, 1.82) is 5.26 Å². The van der Waals surface area contributed by atoms with Gasteiger partial charge in [-0.1, -0.05) is 12.2 Å². The lowest BCUT2D eigenvalue weighted by Gasteiger charge is -2.18. The predicted molar refractivity (Wildman–Crippen MR) is 61.4 cm³/mol. The van der Waals surface area contributed by atoms with Crippen molar-refractivity contribution in [3.05, 3.63) is 29.1 Å². The van der Waals surface area contributed by atoms with Crippen LogP contribution < -0.4 is 9.47 Å². The normalized spacial score (nSPS) is 12.8. The van der Waals surface area contributed by atoms with Crippen LogP contribution in [-0.2, 0) is 6.42 Å². The summed E-state index contributed by atoms with van der Waals surface area (Å²) in [5.74, 6) is 0.499. The molecule has 1 aliphatic carbocycles. The lowest BCUT2D eigenvalue weighted by molar-refractivity contribution is 0.324. The molecule has 3 nitrogen and oxygen atoms in total. The molecular weight excluding hydrogens is 221 g/mol. The van der Waals surface area contributed by atoms with Gasteiger partial charge in [0.1, 0.15) is 11.9 Å². The van der Waals surface area contributed by atoms with Crippen LogP contribution in [0.4, 0.5) is 4.39 Å². The van der Waals surface area contributed by atoms with Gasteiger partial charge in [-0.2, -0.15) is 5.26 Å². The van der Waals surface area contributed by atoms with E-state index in [2.05, 4.69) is 0 Å². The van der Waals surface area contributed by atoms with Crippen molar-refractivity contribution in [2.75, 3.05) is 13.7 Å². The van der Waals surface area contributed by atoms with E-state index in [9.17, 15) is 4.39 Å². The summed E-state index contributed by atoms with van der Waals surface area (Å²) < 4.78 is 24.2. The average Bonchev–Trinajstić information content (AvgIpc) is 2.37. The molecule has 4 heteroatoms. The molecule has 0 saturated heterocycles. The lowest BCUT2D eigenvalue weighted by Crippen LogP contribution is -2.06. The highest BCUT2D eigenvalue weighted by molar-refractivity contribution is 5.64. The maximum absolute atomic E-state index is 13.8. The number of nitriles is 1. The van der Waals surface area contributed by atoms with Gasteiger partial charge in [0.2, 0.25) is 0 Å². The van der Waals surface area contributed by atoms with Crippen LogP contribution in [0.15, 0.2) is 12.1 Å². The Morgan fingerprint density at radius 2 is 2.35 bits per heavy atom. The third-order valence-corrected chi connectivity index (χ3v) is 2.68. The van der Waals surface area contributed by atoms with Gasteiger partial charge < -0.3 is 9.47 Å². The second-order valence-corrected chi connectivity index (χ2v) is 3.67. The fourth-order valence-corrected chi connectivity index (χ4v) is 1.95. The molecular formula is C13H12FNO2. The Bertz CT molecular complexity index is 503. The molecule has 2 rings (SSSR count). The Morgan fingerprint density at radius 3 is 3.06 bits per heavy atom. The summed E-state index contributed by atoms with van der Waals surface area (Å²) in [7, 11) is 1.46. The van der Waals surface area contributed by atoms with Crippen molar-refractivity contribution in [2.45, 2.75) is 12.8 Å². The molecule has 0 amide bonds. The largest absolute Gasteiger partial charge is 0.493 e. The van der Waals surface area contributed by atoms with Crippen molar-refractivity contribution in [3.8, 4) is 17.6 Å². The fourth-order valence-electron chi connectivity index (χ4n) is 1.95. The van der Waals surface area contributed by atoms with Crippen molar-refractivity contribution in [3.63, 3.8) is 0 Å². The Balaban J connectivity index is 2.54. The van der Waals surface area contributed by atoms with Gasteiger partial charge in [0.25, 0.3) is 0 Å². The van der Waals surface area contributed by atoms with E-state index in [1.807, 2.05) is 12.1 Å². The van der Waals surface area contributed by atoms with Crippen LogP contribution in [-0.4, -0.2) is 13.7 Å². The van der Waals surface area contributed by atoms with E-state index < -0.39 is 0 Å². The van der Waals surface area contributed by atoms with Crippen molar-refractivity contribution in [1.82, 2.24) is 0 Å². The predicted octanol–water partition coefficient (Wildman–Crippen LogP) is 2.70. The number of nitrogens with zero attached hydrogens (tertiary/aromatic N) is 1. The number of methoxy groups -OCH3 is 1. The van der Waals surface area contributed by atoms with E-state index in [-0.39, 0.29) is 12.4 Å². The molecule has 0 heterocycles. The van der Waals surface area contributed by atoms with Crippen LogP contribution >= 0.6 is 0 Å². The van der Waals surface area contributed by atoms with Crippen LogP contribution in [0.25, 0.3) is 6.08 Å². The molecule has 0 radical (unpaired) electrons. The van der Waals surface area contributed by atoms with Crippen LogP contribution in [0.3, 0.4) is 0 Å². The van der Waals surface area contributed by atoms with Crippen molar-refractivity contribution >= 4 is 6.08 Å². The van der Waals surface area contributed by atoms with Crippen molar-refractivity contribution < 1.29 is 13.9 Å². The number of hydrogen-bond donors (Lipinski definition) is 0. The molecule has 0 aromatic heterocycles.